The van der Waals surface area contributed by atoms with Crippen molar-refractivity contribution in [2.45, 2.75) is 11.3 Å². The molecule has 0 atom stereocenters. The fourth-order valence-corrected chi connectivity index (χ4v) is 2.84. The molecule has 1 aromatic carbocycles. The van der Waals surface area contributed by atoms with Crippen LogP contribution in [0, 0.1) is 0 Å². The zero-order valence-corrected chi connectivity index (χ0v) is 11.3. The lowest BCUT2D eigenvalue weighted by Gasteiger charge is -2.16. The van der Waals surface area contributed by atoms with E-state index in [0.717, 1.165) is 19.5 Å². The Morgan fingerprint density at radius 1 is 1.33 bits per heavy atom. The standard InChI is InChI=1S/C13H18N2O2S/c1-18(16,17)13-5-3-2-4-12(13)15-10-11-6-8-14-9-7-11/h2-6,14-15H,7-10H2,1H3. The topological polar surface area (TPSA) is 58.2 Å². The molecule has 2 N–H and O–H groups in total. The van der Waals surface area contributed by atoms with Crippen molar-refractivity contribution in [3.05, 3.63) is 35.9 Å². The molecule has 0 fully saturated rings. The van der Waals surface area contributed by atoms with Gasteiger partial charge in [-0.05, 0) is 25.1 Å². The molecule has 2 rings (SSSR count). The van der Waals surface area contributed by atoms with Gasteiger partial charge in [-0.3, -0.25) is 0 Å². The molecule has 0 radical (unpaired) electrons. The van der Waals surface area contributed by atoms with Crippen LogP contribution in [0.5, 0.6) is 0 Å². The van der Waals surface area contributed by atoms with Gasteiger partial charge in [-0.15, -0.1) is 0 Å². The van der Waals surface area contributed by atoms with Gasteiger partial charge in [0.2, 0.25) is 0 Å². The predicted octanol–water partition coefficient (Wildman–Crippen LogP) is 1.42. The molecule has 0 saturated carbocycles. The molecule has 0 aliphatic carbocycles. The molecule has 1 heterocycles. The fourth-order valence-electron chi connectivity index (χ4n) is 1.97. The van der Waals surface area contributed by atoms with Crippen LogP contribution in [-0.2, 0) is 9.84 Å². The van der Waals surface area contributed by atoms with Crippen molar-refractivity contribution in [3.63, 3.8) is 0 Å². The Kier molecular flexibility index (Phi) is 4.04. The summed E-state index contributed by atoms with van der Waals surface area (Å²) in [6.45, 7) is 2.58. The maximum Gasteiger partial charge on any atom is 0.177 e. The summed E-state index contributed by atoms with van der Waals surface area (Å²) in [6.07, 6.45) is 4.39. The molecule has 18 heavy (non-hydrogen) atoms. The second-order valence-electron chi connectivity index (χ2n) is 4.44. The van der Waals surface area contributed by atoms with E-state index in [4.69, 9.17) is 0 Å². The lowest BCUT2D eigenvalue weighted by molar-refractivity contribution is 0.602. The monoisotopic (exact) mass is 266 g/mol. The van der Waals surface area contributed by atoms with Crippen LogP contribution < -0.4 is 10.6 Å². The minimum absolute atomic E-state index is 0.361. The van der Waals surface area contributed by atoms with Gasteiger partial charge in [0.05, 0.1) is 10.6 Å². The summed E-state index contributed by atoms with van der Waals surface area (Å²) in [5.41, 5.74) is 2.00. The highest BCUT2D eigenvalue weighted by Gasteiger charge is 2.12. The predicted molar refractivity (Wildman–Crippen MR) is 73.6 cm³/mol. The molecule has 0 unspecified atom stereocenters. The Bertz CT molecular complexity index is 550. The van der Waals surface area contributed by atoms with Crippen molar-refractivity contribution >= 4 is 15.5 Å². The average Bonchev–Trinajstić information content (AvgIpc) is 2.37. The Morgan fingerprint density at radius 2 is 2.11 bits per heavy atom. The minimum atomic E-state index is -3.18. The maximum atomic E-state index is 11.6. The Morgan fingerprint density at radius 3 is 2.78 bits per heavy atom. The minimum Gasteiger partial charge on any atom is -0.380 e. The van der Waals surface area contributed by atoms with Gasteiger partial charge in [0.25, 0.3) is 0 Å². The number of anilines is 1. The van der Waals surface area contributed by atoms with Gasteiger partial charge in [-0.25, -0.2) is 8.42 Å². The van der Waals surface area contributed by atoms with Crippen LogP contribution >= 0.6 is 0 Å². The first-order valence-electron chi connectivity index (χ1n) is 5.99. The third-order valence-electron chi connectivity index (χ3n) is 2.95. The molecule has 0 aromatic heterocycles. The van der Waals surface area contributed by atoms with E-state index in [2.05, 4.69) is 16.7 Å². The smallest absolute Gasteiger partial charge is 0.177 e. The summed E-state index contributed by atoms with van der Waals surface area (Å²) in [7, 11) is -3.18. The van der Waals surface area contributed by atoms with Gasteiger partial charge < -0.3 is 10.6 Å². The third kappa shape index (κ3) is 3.34. The fraction of sp³-hybridized carbons (Fsp3) is 0.385. The van der Waals surface area contributed by atoms with Gasteiger partial charge in [-0.2, -0.15) is 0 Å². The van der Waals surface area contributed by atoms with Crippen LogP contribution in [0.15, 0.2) is 40.8 Å². The SMILES string of the molecule is CS(=O)(=O)c1ccccc1NCC1=CCNCC1. The second kappa shape index (κ2) is 5.54. The summed E-state index contributed by atoms with van der Waals surface area (Å²) in [6, 6.07) is 7.02. The highest BCUT2D eigenvalue weighted by atomic mass is 32.2. The molecular weight excluding hydrogens is 248 g/mol. The van der Waals surface area contributed by atoms with Crippen molar-refractivity contribution in [1.82, 2.24) is 5.32 Å². The number of benzene rings is 1. The molecule has 0 saturated heterocycles. The van der Waals surface area contributed by atoms with E-state index in [-0.39, 0.29) is 0 Å². The van der Waals surface area contributed by atoms with Crippen LogP contribution in [-0.4, -0.2) is 34.3 Å². The first-order chi connectivity index (χ1) is 8.57. The highest BCUT2D eigenvalue weighted by Crippen LogP contribution is 2.21. The number of nitrogens with one attached hydrogen (secondary N) is 2. The highest BCUT2D eigenvalue weighted by molar-refractivity contribution is 7.90. The molecule has 4 nitrogen and oxygen atoms in total. The van der Waals surface area contributed by atoms with E-state index in [1.54, 1.807) is 18.2 Å². The largest absolute Gasteiger partial charge is 0.380 e. The van der Waals surface area contributed by atoms with Gasteiger partial charge in [0.15, 0.2) is 9.84 Å². The van der Waals surface area contributed by atoms with Gasteiger partial charge >= 0.3 is 0 Å². The van der Waals surface area contributed by atoms with Crippen LogP contribution in [0.4, 0.5) is 5.69 Å². The van der Waals surface area contributed by atoms with Crippen LogP contribution in [0.25, 0.3) is 0 Å². The summed E-state index contributed by atoms with van der Waals surface area (Å²) >= 11 is 0. The number of rotatable bonds is 4. The summed E-state index contributed by atoms with van der Waals surface area (Å²) in [5, 5.41) is 6.46. The van der Waals surface area contributed by atoms with Crippen LogP contribution in [0.2, 0.25) is 0 Å². The van der Waals surface area contributed by atoms with Crippen molar-refractivity contribution in [2.24, 2.45) is 0 Å². The zero-order valence-electron chi connectivity index (χ0n) is 10.4. The normalized spacial score (nSPS) is 16.2. The van der Waals surface area contributed by atoms with Gasteiger partial charge in [0, 0.05) is 19.3 Å². The maximum absolute atomic E-state index is 11.6. The van der Waals surface area contributed by atoms with Gasteiger partial charge in [0.1, 0.15) is 0 Å². The summed E-state index contributed by atoms with van der Waals surface area (Å²) in [5.74, 6) is 0. The molecule has 1 aliphatic rings. The molecule has 0 bridgehead atoms. The van der Waals surface area contributed by atoms with Crippen molar-refractivity contribution in [1.29, 1.82) is 0 Å². The molecule has 0 amide bonds. The second-order valence-corrected chi connectivity index (χ2v) is 6.42. The molecule has 1 aromatic rings. The zero-order chi connectivity index (χ0) is 13.0. The van der Waals surface area contributed by atoms with Crippen LogP contribution in [0.1, 0.15) is 6.42 Å². The van der Waals surface area contributed by atoms with Crippen LogP contribution in [0.3, 0.4) is 0 Å². The molecule has 0 spiro atoms. The van der Waals surface area contributed by atoms with E-state index < -0.39 is 9.84 Å². The number of sulfone groups is 1. The summed E-state index contributed by atoms with van der Waals surface area (Å²) < 4.78 is 23.3. The molecule has 98 valence electrons. The number of para-hydroxylation sites is 1. The average molecular weight is 266 g/mol. The van der Waals surface area contributed by atoms with E-state index in [1.807, 2.05) is 6.07 Å². The van der Waals surface area contributed by atoms with Gasteiger partial charge in [-0.1, -0.05) is 23.8 Å². The molecule has 5 heteroatoms. The Labute approximate surface area is 108 Å². The van der Waals surface area contributed by atoms with E-state index in [9.17, 15) is 8.42 Å². The van der Waals surface area contributed by atoms with Crippen molar-refractivity contribution in [2.75, 3.05) is 31.2 Å². The molecular formula is C13H18N2O2S. The Hall–Kier alpha value is -1.33. The Balaban J connectivity index is 2.12. The third-order valence-corrected chi connectivity index (χ3v) is 4.11. The van der Waals surface area contributed by atoms with Crippen molar-refractivity contribution in [3.8, 4) is 0 Å². The number of hydrogen-bond acceptors (Lipinski definition) is 4. The quantitative estimate of drug-likeness (QED) is 0.809. The summed E-state index contributed by atoms with van der Waals surface area (Å²) in [4.78, 5) is 0.361. The lowest BCUT2D eigenvalue weighted by Crippen LogP contribution is -2.23. The lowest BCUT2D eigenvalue weighted by atomic mass is 10.1. The molecule has 1 aliphatic heterocycles. The van der Waals surface area contributed by atoms with Crippen molar-refractivity contribution < 1.29 is 8.42 Å². The first kappa shape index (κ1) is 13.1. The van der Waals surface area contributed by atoms with E-state index in [0.29, 0.717) is 17.1 Å². The van der Waals surface area contributed by atoms with E-state index >= 15 is 0 Å². The number of hydrogen-bond donors (Lipinski definition) is 2. The first-order valence-corrected chi connectivity index (χ1v) is 7.88. The van der Waals surface area contributed by atoms with E-state index in [1.165, 1.54) is 11.8 Å².